The lowest BCUT2D eigenvalue weighted by atomic mass is 9.84. The quantitative estimate of drug-likeness (QED) is 0.110. The second-order valence-corrected chi connectivity index (χ2v) is 22.3. The maximum absolute atomic E-state index is 12.5. The van der Waals surface area contributed by atoms with Crippen LogP contribution in [0.3, 0.4) is 0 Å². The standard InChI is InChI=1S/2C28H34N4O3/c2*1-7-28(6,29)22-15-31-24(34-27(5)10-11-27)21-14-30-18(13-20(21)22)12-17-8-9-19-23(32-17)16(2)26(3,4)35-25(19)33/h2*8-9,13-16H,7,10-12,29H2,1-6H3/t16-,28+;16-,28-/m11/s1. The Kier molecular flexibility index (Phi) is 12.1. The van der Waals surface area contributed by atoms with Crippen LogP contribution in [0, 0.1) is 0 Å². The van der Waals surface area contributed by atoms with E-state index in [9.17, 15) is 9.59 Å². The molecule has 0 spiro atoms. The molecule has 2 fully saturated rings. The van der Waals surface area contributed by atoms with Crippen LogP contribution in [0.4, 0.5) is 0 Å². The van der Waals surface area contributed by atoms with Crippen molar-refractivity contribution in [2.75, 3.05) is 0 Å². The Bertz CT molecular complexity index is 2860. The zero-order valence-electron chi connectivity index (χ0n) is 42.9. The molecule has 2 aliphatic carbocycles. The number of hydrogen-bond donors (Lipinski definition) is 2. The average molecular weight is 949 g/mol. The Labute approximate surface area is 411 Å². The van der Waals surface area contributed by atoms with Crippen molar-refractivity contribution >= 4 is 33.5 Å². The summed E-state index contributed by atoms with van der Waals surface area (Å²) in [6, 6.07) is 11.6. The van der Waals surface area contributed by atoms with Crippen LogP contribution in [0.1, 0.15) is 199 Å². The van der Waals surface area contributed by atoms with Gasteiger partial charge in [-0.1, -0.05) is 27.7 Å². The van der Waals surface area contributed by atoms with Gasteiger partial charge in [-0.3, -0.25) is 19.9 Å². The average Bonchev–Trinajstić information content (AvgIpc) is 4.24. The molecule has 14 heteroatoms. The van der Waals surface area contributed by atoms with Crippen molar-refractivity contribution < 1.29 is 28.5 Å². The topological polar surface area (TPSA) is 200 Å². The smallest absolute Gasteiger partial charge is 0.340 e. The number of cyclic esters (lactones) is 2. The third-order valence-electron chi connectivity index (χ3n) is 15.6. The van der Waals surface area contributed by atoms with Gasteiger partial charge in [0.1, 0.15) is 22.4 Å². The van der Waals surface area contributed by atoms with E-state index in [4.69, 9.17) is 50.4 Å². The molecule has 70 heavy (non-hydrogen) atoms. The van der Waals surface area contributed by atoms with Gasteiger partial charge in [-0.2, -0.15) is 0 Å². The lowest BCUT2D eigenvalue weighted by Gasteiger charge is -2.36. The van der Waals surface area contributed by atoms with E-state index in [-0.39, 0.29) is 35.0 Å². The van der Waals surface area contributed by atoms with E-state index < -0.39 is 22.3 Å². The molecule has 8 heterocycles. The molecule has 6 aromatic rings. The van der Waals surface area contributed by atoms with Gasteiger partial charge in [0.15, 0.2) is 0 Å². The molecule has 2 saturated carbocycles. The molecule has 4 atom stereocenters. The predicted octanol–water partition coefficient (Wildman–Crippen LogP) is 10.4. The molecular formula is C56H68N8O6. The van der Waals surface area contributed by atoms with Crippen LogP contribution in [0.25, 0.3) is 21.5 Å². The van der Waals surface area contributed by atoms with E-state index in [0.29, 0.717) is 35.7 Å². The number of hydrogen-bond acceptors (Lipinski definition) is 14. The highest BCUT2D eigenvalue weighted by Gasteiger charge is 2.44. The number of carbonyl (C=O) groups excluding carboxylic acids is 2. The highest BCUT2D eigenvalue weighted by molar-refractivity contribution is 5.94. The van der Waals surface area contributed by atoms with Crippen LogP contribution in [-0.2, 0) is 33.4 Å². The van der Waals surface area contributed by atoms with E-state index in [1.54, 1.807) is 0 Å². The maximum atomic E-state index is 12.5. The van der Waals surface area contributed by atoms with E-state index >= 15 is 0 Å². The minimum Gasteiger partial charge on any atom is -0.471 e. The molecule has 4 N–H and O–H groups in total. The molecular weight excluding hydrogens is 881 g/mol. The van der Waals surface area contributed by atoms with Crippen molar-refractivity contribution in [1.82, 2.24) is 29.9 Å². The first kappa shape index (κ1) is 48.9. The number of nitrogens with zero attached hydrogens (tertiary/aromatic N) is 6. The van der Waals surface area contributed by atoms with E-state index in [0.717, 1.165) is 105 Å². The molecule has 14 nitrogen and oxygen atoms in total. The molecule has 0 bridgehead atoms. The summed E-state index contributed by atoms with van der Waals surface area (Å²) in [5.74, 6) is 0.558. The minimum absolute atomic E-state index is 0.0108. The molecule has 10 rings (SSSR count). The number of ether oxygens (including phenoxy) is 4. The highest BCUT2D eigenvalue weighted by Crippen LogP contribution is 2.44. The zero-order chi connectivity index (χ0) is 50.3. The van der Waals surface area contributed by atoms with Crippen LogP contribution in [0.2, 0.25) is 0 Å². The summed E-state index contributed by atoms with van der Waals surface area (Å²) >= 11 is 0. The zero-order valence-corrected chi connectivity index (χ0v) is 42.9. The molecule has 2 aliphatic heterocycles. The summed E-state index contributed by atoms with van der Waals surface area (Å²) in [5.41, 5.74) is 18.8. The van der Waals surface area contributed by atoms with Crippen molar-refractivity contribution in [3.8, 4) is 11.8 Å². The van der Waals surface area contributed by atoms with E-state index in [1.165, 1.54) is 0 Å². The van der Waals surface area contributed by atoms with Gasteiger partial charge in [-0.15, -0.1) is 0 Å². The van der Waals surface area contributed by atoms with Crippen molar-refractivity contribution in [3.63, 3.8) is 0 Å². The number of fused-ring (bicyclic) bond motifs is 4. The summed E-state index contributed by atoms with van der Waals surface area (Å²) in [5, 5.41) is 3.77. The molecule has 368 valence electrons. The van der Waals surface area contributed by atoms with Gasteiger partial charge >= 0.3 is 11.9 Å². The van der Waals surface area contributed by atoms with Gasteiger partial charge in [-0.25, -0.2) is 19.6 Å². The van der Waals surface area contributed by atoms with Crippen LogP contribution >= 0.6 is 0 Å². The lowest BCUT2D eigenvalue weighted by Crippen LogP contribution is -2.39. The normalized spacial score (nSPS) is 21.7. The summed E-state index contributed by atoms with van der Waals surface area (Å²) in [7, 11) is 0. The number of esters is 2. The van der Waals surface area contributed by atoms with Crippen molar-refractivity contribution in [1.29, 1.82) is 0 Å². The third kappa shape index (κ3) is 9.44. The molecule has 0 saturated heterocycles. The fraction of sp³-hybridized carbons (Fsp3) is 0.500. The Morgan fingerprint density at radius 2 is 0.943 bits per heavy atom. The van der Waals surface area contributed by atoms with Gasteiger partial charge in [0.2, 0.25) is 11.8 Å². The fourth-order valence-electron chi connectivity index (χ4n) is 9.01. The van der Waals surface area contributed by atoms with Crippen LogP contribution < -0.4 is 20.9 Å². The minimum atomic E-state index is -0.598. The largest absolute Gasteiger partial charge is 0.471 e. The Hall–Kier alpha value is -6.12. The molecule has 4 aliphatic rings. The van der Waals surface area contributed by atoms with E-state index in [2.05, 4.69) is 49.8 Å². The molecule has 0 aromatic carbocycles. The summed E-state index contributed by atoms with van der Waals surface area (Å²) in [6.45, 7) is 24.2. The Morgan fingerprint density at radius 3 is 1.29 bits per heavy atom. The molecule has 0 radical (unpaired) electrons. The predicted molar refractivity (Wildman–Crippen MR) is 269 cm³/mol. The van der Waals surface area contributed by atoms with Gasteiger partial charge in [0, 0.05) is 83.3 Å². The van der Waals surface area contributed by atoms with Gasteiger partial charge in [-0.05, 0) is 152 Å². The number of aromatic nitrogens is 6. The second kappa shape index (κ2) is 17.3. The van der Waals surface area contributed by atoms with Crippen LogP contribution in [0.15, 0.2) is 61.2 Å². The van der Waals surface area contributed by atoms with Gasteiger partial charge in [0.05, 0.1) is 33.3 Å². The van der Waals surface area contributed by atoms with Crippen molar-refractivity contribution in [2.45, 2.75) is 180 Å². The lowest BCUT2D eigenvalue weighted by molar-refractivity contribution is -0.0200. The third-order valence-corrected chi connectivity index (χ3v) is 15.6. The van der Waals surface area contributed by atoms with Crippen molar-refractivity contribution in [3.05, 3.63) is 118 Å². The van der Waals surface area contributed by atoms with Crippen LogP contribution in [0.5, 0.6) is 11.8 Å². The first-order chi connectivity index (χ1) is 32.8. The molecule has 0 unspecified atom stereocenters. The first-order valence-corrected chi connectivity index (χ1v) is 24.8. The summed E-state index contributed by atoms with van der Waals surface area (Å²) in [6.07, 6.45) is 14.1. The number of carbonyl (C=O) groups is 2. The van der Waals surface area contributed by atoms with Gasteiger partial charge < -0.3 is 30.4 Å². The summed E-state index contributed by atoms with van der Waals surface area (Å²) < 4.78 is 23.7. The molecule has 6 aromatic heterocycles. The van der Waals surface area contributed by atoms with Gasteiger partial charge in [0.25, 0.3) is 0 Å². The number of rotatable bonds is 12. The van der Waals surface area contributed by atoms with E-state index in [1.807, 2.05) is 104 Å². The maximum Gasteiger partial charge on any atom is 0.340 e. The second-order valence-electron chi connectivity index (χ2n) is 22.3. The summed E-state index contributed by atoms with van der Waals surface area (Å²) in [4.78, 5) is 53.4. The number of pyridine rings is 6. The van der Waals surface area contributed by atoms with Crippen LogP contribution in [-0.4, -0.2) is 64.2 Å². The first-order valence-electron chi connectivity index (χ1n) is 24.8. The Morgan fingerprint density at radius 1 is 0.571 bits per heavy atom. The molecule has 0 amide bonds. The monoisotopic (exact) mass is 949 g/mol. The number of nitrogens with two attached hydrogens (primary N) is 2. The Balaban J connectivity index is 0.000000174. The van der Waals surface area contributed by atoms with Crippen molar-refractivity contribution in [2.24, 2.45) is 11.5 Å². The highest BCUT2D eigenvalue weighted by atomic mass is 16.6. The fourth-order valence-corrected chi connectivity index (χ4v) is 9.01. The SMILES string of the molecule is CC[C@@](C)(N)c1cnc(OC2(C)CC2)c2cnc(Cc3ccc4c(n3)[C@@H](C)C(C)(C)OC4=O)cc12.CC[C@](C)(N)c1cnc(OC2(C)CC2)c2cnc(Cc3ccc4c(n3)[C@@H](C)C(C)(C)OC4=O)cc12.